The molecule has 256 valence electrons. The second-order valence-corrected chi connectivity index (χ2v) is 14.0. The summed E-state index contributed by atoms with van der Waals surface area (Å²) in [5, 5.41) is 9.14. The van der Waals surface area contributed by atoms with E-state index in [1.165, 1.54) is 10.8 Å². The molecule has 8 aromatic carbocycles. The number of rotatable bonds is 4. The summed E-state index contributed by atoms with van der Waals surface area (Å²) in [6.07, 6.45) is 0. The van der Waals surface area contributed by atoms with Gasteiger partial charge in [-0.25, -0.2) is 4.98 Å². The van der Waals surface area contributed by atoms with Gasteiger partial charge in [0.25, 0.3) is 0 Å². The van der Waals surface area contributed by atoms with Gasteiger partial charge in [0.1, 0.15) is 11.2 Å². The molecular weight excluding hydrogens is 675 g/mol. The molecule has 0 N–H and O–H groups in total. The Morgan fingerprint density at radius 1 is 0.364 bits per heavy atom. The van der Waals surface area contributed by atoms with Crippen molar-refractivity contribution in [2.45, 2.75) is 0 Å². The minimum atomic E-state index is 0.563. The lowest BCUT2D eigenvalue weighted by Crippen LogP contribution is -2.06. The fraction of sp³-hybridized carbons (Fsp3) is 0. The Kier molecular flexibility index (Phi) is 6.24. The Morgan fingerprint density at radius 2 is 0.982 bits per heavy atom. The lowest BCUT2D eigenvalue weighted by molar-refractivity contribution is 0.669. The van der Waals surface area contributed by atoms with E-state index in [4.69, 9.17) is 19.4 Å². The molecule has 0 radical (unpaired) electrons. The molecule has 0 spiro atoms. The molecule has 12 rings (SSSR count). The summed E-state index contributed by atoms with van der Waals surface area (Å²) in [6.45, 7) is 0. The number of hydrogen-bond acceptors (Lipinski definition) is 4. The number of benzene rings is 8. The Labute approximate surface area is 314 Å². The highest BCUT2D eigenvalue weighted by molar-refractivity contribution is 6.20. The quantitative estimate of drug-likeness (QED) is 0.183. The highest BCUT2D eigenvalue weighted by atomic mass is 16.3. The van der Waals surface area contributed by atoms with Crippen molar-refractivity contribution >= 4 is 76.3 Å². The average Bonchev–Trinajstić information content (AvgIpc) is 3.90. The van der Waals surface area contributed by atoms with E-state index in [1.807, 2.05) is 30.3 Å². The monoisotopic (exact) mass is 703 g/mol. The second kappa shape index (κ2) is 11.5. The summed E-state index contributed by atoms with van der Waals surface area (Å²) in [5.41, 5.74) is 9.05. The van der Waals surface area contributed by atoms with Crippen LogP contribution in [-0.4, -0.2) is 24.1 Å². The van der Waals surface area contributed by atoms with Crippen molar-refractivity contribution in [2.75, 3.05) is 0 Å². The first kappa shape index (κ1) is 29.9. The minimum Gasteiger partial charge on any atom is -0.456 e. The van der Waals surface area contributed by atoms with E-state index >= 15 is 0 Å². The number of para-hydroxylation sites is 4. The van der Waals surface area contributed by atoms with Crippen LogP contribution in [0.4, 0.5) is 0 Å². The molecule has 12 aromatic rings. The van der Waals surface area contributed by atoms with Crippen LogP contribution in [0.5, 0.6) is 0 Å². The first-order valence-electron chi connectivity index (χ1n) is 18.4. The molecule has 0 aliphatic carbocycles. The maximum Gasteiger partial charge on any atom is 0.238 e. The second-order valence-electron chi connectivity index (χ2n) is 14.0. The van der Waals surface area contributed by atoms with Crippen LogP contribution in [0.25, 0.3) is 111 Å². The Bertz CT molecular complexity index is 3490. The van der Waals surface area contributed by atoms with Gasteiger partial charge in [0.2, 0.25) is 5.95 Å². The number of aromatic nitrogens is 5. The van der Waals surface area contributed by atoms with Crippen molar-refractivity contribution in [3.8, 4) is 34.4 Å². The maximum absolute atomic E-state index is 6.21. The molecule has 0 atom stereocenters. The van der Waals surface area contributed by atoms with Crippen molar-refractivity contribution in [3.63, 3.8) is 0 Å². The maximum atomic E-state index is 6.21. The number of fused-ring (bicyclic) bond motifs is 11. The van der Waals surface area contributed by atoms with E-state index in [2.05, 4.69) is 155 Å². The highest BCUT2D eigenvalue weighted by Gasteiger charge is 2.21. The van der Waals surface area contributed by atoms with E-state index in [1.54, 1.807) is 0 Å². The largest absolute Gasteiger partial charge is 0.456 e. The van der Waals surface area contributed by atoms with Gasteiger partial charge in [-0.3, -0.25) is 4.57 Å². The lowest BCUT2D eigenvalue weighted by Gasteiger charge is -2.12. The Balaban J connectivity index is 1.14. The molecule has 0 aliphatic heterocycles. The van der Waals surface area contributed by atoms with Gasteiger partial charge in [-0.1, -0.05) is 121 Å². The van der Waals surface area contributed by atoms with Crippen LogP contribution in [0, 0.1) is 0 Å². The fourth-order valence-corrected chi connectivity index (χ4v) is 8.50. The molecule has 0 unspecified atom stereocenters. The van der Waals surface area contributed by atoms with Crippen LogP contribution in [0.15, 0.2) is 180 Å². The Morgan fingerprint density at radius 3 is 1.75 bits per heavy atom. The SMILES string of the molecule is c1ccc(-c2nc(-c3ccc4c(ccc5oc6ccccc6c54)c3)nc(-n3c4ccccc4c4cc5c6ccccc6n(-c6ccccc6)c5cc43)n2)cc1. The third-order valence-electron chi connectivity index (χ3n) is 11.0. The molecule has 6 nitrogen and oxygen atoms in total. The van der Waals surface area contributed by atoms with Crippen molar-refractivity contribution in [1.82, 2.24) is 24.1 Å². The summed E-state index contributed by atoms with van der Waals surface area (Å²) in [7, 11) is 0. The summed E-state index contributed by atoms with van der Waals surface area (Å²) in [5.74, 6) is 1.78. The van der Waals surface area contributed by atoms with Gasteiger partial charge in [-0.05, 0) is 65.4 Å². The molecule has 0 saturated carbocycles. The van der Waals surface area contributed by atoms with E-state index in [9.17, 15) is 0 Å². The molecule has 0 amide bonds. The number of hydrogen-bond donors (Lipinski definition) is 0. The fourth-order valence-electron chi connectivity index (χ4n) is 8.50. The summed E-state index contributed by atoms with van der Waals surface area (Å²) in [4.78, 5) is 15.7. The first-order chi connectivity index (χ1) is 27.3. The summed E-state index contributed by atoms with van der Waals surface area (Å²) in [6, 6.07) is 61.4. The van der Waals surface area contributed by atoms with Crippen molar-refractivity contribution in [1.29, 1.82) is 0 Å². The zero-order valence-electron chi connectivity index (χ0n) is 29.4. The number of nitrogens with zero attached hydrogens (tertiary/aromatic N) is 5. The number of furan rings is 1. The third-order valence-corrected chi connectivity index (χ3v) is 11.0. The van der Waals surface area contributed by atoms with E-state index in [-0.39, 0.29) is 0 Å². The van der Waals surface area contributed by atoms with Gasteiger partial charge >= 0.3 is 0 Å². The summed E-state index contributed by atoms with van der Waals surface area (Å²) >= 11 is 0. The van der Waals surface area contributed by atoms with Gasteiger partial charge in [-0.15, -0.1) is 0 Å². The predicted octanol–water partition coefficient (Wildman–Crippen LogP) is 12.5. The normalized spacial score (nSPS) is 12.0. The Hall–Kier alpha value is -7.57. The van der Waals surface area contributed by atoms with Crippen LogP contribution in [0.2, 0.25) is 0 Å². The third kappa shape index (κ3) is 4.46. The first-order valence-corrected chi connectivity index (χ1v) is 18.4. The van der Waals surface area contributed by atoms with E-state index in [0.29, 0.717) is 17.6 Å². The van der Waals surface area contributed by atoms with Gasteiger partial charge in [0.15, 0.2) is 11.6 Å². The molecule has 0 saturated heterocycles. The van der Waals surface area contributed by atoms with E-state index < -0.39 is 0 Å². The zero-order chi connectivity index (χ0) is 36.0. The van der Waals surface area contributed by atoms with Crippen molar-refractivity contribution in [2.24, 2.45) is 0 Å². The smallest absolute Gasteiger partial charge is 0.238 e. The molecule has 4 heterocycles. The molecule has 4 aromatic heterocycles. The topological polar surface area (TPSA) is 61.7 Å². The molecule has 6 heteroatoms. The molecule has 0 bridgehead atoms. The summed E-state index contributed by atoms with van der Waals surface area (Å²) < 4.78 is 10.8. The van der Waals surface area contributed by atoms with Gasteiger partial charge in [-0.2, -0.15) is 9.97 Å². The minimum absolute atomic E-state index is 0.563. The van der Waals surface area contributed by atoms with Crippen LogP contribution < -0.4 is 0 Å². The van der Waals surface area contributed by atoms with Crippen molar-refractivity contribution in [3.05, 3.63) is 176 Å². The molecule has 55 heavy (non-hydrogen) atoms. The zero-order valence-corrected chi connectivity index (χ0v) is 29.4. The highest BCUT2D eigenvalue weighted by Crippen LogP contribution is 2.40. The van der Waals surface area contributed by atoms with Crippen LogP contribution in [-0.2, 0) is 0 Å². The van der Waals surface area contributed by atoms with Crippen LogP contribution >= 0.6 is 0 Å². The molecule has 0 aliphatic rings. The molecular formula is C49H29N5O. The van der Waals surface area contributed by atoms with Gasteiger partial charge in [0, 0.05) is 49.1 Å². The van der Waals surface area contributed by atoms with Crippen LogP contribution in [0.1, 0.15) is 0 Å². The molecule has 0 fully saturated rings. The average molecular weight is 704 g/mol. The van der Waals surface area contributed by atoms with Gasteiger partial charge in [0.05, 0.1) is 22.1 Å². The predicted molar refractivity (Wildman–Crippen MR) is 224 cm³/mol. The standard InChI is InChI=1S/C49H29N5O/c1-3-13-30(14-4-1)47-50-48(32-23-25-34-31(27-32)24-26-45-46(34)37-19-9-12-22-44(37)55-45)52-49(51-47)54-41-21-11-8-18-36(41)39-28-38-35-17-7-10-20-40(35)53(42(38)29-43(39)54)33-15-5-2-6-16-33/h1-29H. The van der Waals surface area contributed by atoms with E-state index in [0.717, 1.165) is 82.4 Å². The van der Waals surface area contributed by atoms with Crippen LogP contribution in [0.3, 0.4) is 0 Å². The van der Waals surface area contributed by atoms with Crippen molar-refractivity contribution < 1.29 is 4.42 Å². The lowest BCUT2D eigenvalue weighted by atomic mass is 10.0. The van der Waals surface area contributed by atoms with Gasteiger partial charge < -0.3 is 8.98 Å².